The van der Waals surface area contributed by atoms with Crippen LogP contribution in [0.1, 0.15) is 202 Å². The minimum Gasteiger partial charge on any atom is -0.268 e. The number of fused-ring (bicyclic) bond motifs is 1. The van der Waals surface area contributed by atoms with Gasteiger partial charge in [0.05, 0.1) is 10.4 Å². The van der Waals surface area contributed by atoms with Crippen molar-refractivity contribution in [3.05, 3.63) is 38.6 Å². The van der Waals surface area contributed by atoms with Crippen LogP contribution in [0.3, 0.4) is 0 Å². The topological polar surface area (TPSA) is 54.5 Å². The van der Waals surface area contributed by atoms with Crippen LogP contribution >= 0.6 is 34.0 Å². The molecule has 3 aromatic heterocycles. The third-order valence-electron chi connectivity index (χ3n) is 11.2. The number of hydrogen-bond donors (Lipinski definition) is 0. The van der Waals surface area contributed by atoms with Gasteiger partial charge >= 0.3 is 0 Å². The van der Waals surface area contributed by atoms with Crippen LogP contribution in [0.15, 0.2) is 17.0 Å². The van der Waals surface area contributed by atoms with Crippen LogP contribution in [0.5, 0.6) is 0 Å². The lowest BCUT2D eigenvalue weighted by Crippen LogP contribution is -2.26. The van der Waals surface area contributed by atoms with E-state index in [1.165, 1.54) is 123 Å². The Bertz CT molecular complexity index is 1700. The van der Waals surface area contributed by atoms with Gasteiger partial charge < -0.3 is 0 Å². The summed E-state index contributed by atoms with van der Waals surface area (Å²) in [5.41, 5.74) is 3.03. The zero-order chi connectivity index (χ0) is 38.1. The van der Waals surface area contributed by atoms with E-state index >= 15 is 0 Å². The van der Waals surface area contributed by atoms with Gasteiger partial charge in [0.15, 0.2) is 0 Å². The molecule has 0 aliphatic carbocycles. The lowest BCUT2D eigenvalue weighted by atomic mass is 9.85. The zero-order valence-corrected chi connectivity index (χ0v) is 37.4. The summed E-state index contributed by atoms with van der Waals surface area (Å²) in [5.74, 6) is -0.383. The Balaban J connectivity index is 1.86. The number of hydrogen-bond acceptors (Lipinski definition) is 6. The van der Waals surface area contributed by atoms with Crippen molar-refractivity contribution >= 4 is 49.9 Å². The molecule has 52 heavy (non-hydrogen) atoms. The second-order valence-corrected chi connectivity index (χ2v) is 21.7. The zero-order valence-electron chi connectivity index (χ0n) is 34.1. The van der Waals surface area contributed by atoms with Gasteiger partial charge in [-0.3, -0.25) is 4.79 Å². The third kappa shape index (κ3) is 10.0. The fraction of sp³-hybridized carbons (Fsp3) is 0.705. The number of nitrogens with zero attached hydrogens (tertiary/aromatic N) is 1. The third-order valence-corrected chi connectivity index (χ3v) is 17.8. The Morgan fingerprint density at radius 2 is 1.08 bits per heavy atom. The van der Waals surface area contributed by atoms with Crippen LogP contribution in [0, 0.1) is 0 Å². The molecule has 0 spiro atoms. The summed E-state index contributed by atoms with van der Waals surface area (Å²) >= 11 is 5.38. The molecule has 0 aromatic carbocycles. The van der Waals surface area contributed by atoms with Crippen molar-refractivity contribution in [2.45, 2.75) is 200 Å². The molecule has 4 nitrogen and oxygen atoms in total. The van der Waals surface area contributed by atoms with Crippen molar-refractivity contribution in [3.8, 4) is 19.5 Å². The highest BCUT2D eigenvalue weighted by atomic mass is 32.2. The van der Waals surface area contributed by atoms with E-state index in [1.807, 2.05) is 22.7 Å². The van der Waals surface area contributed by atoms with E-state index < -0.39 is 10.0 Å². The quantitative estimate of drug-likeness (QED) is 0.0850. The van der Waals surface area contributed by atoms with Gasteiger partial charge in [-0.2, -0.15) is 0 Å². The predicted octanol–water partition coefficient (Wildman–Crippen LogP) is 14.7. The van der Waals surface area contributed by atoms with Gasteiger partial charge in [-0.15, -0.1) is 34.0 Å². The van der Waals surface area contributed by atoms with Crippen LogP contribution in [0.4, 0.5) is 0 Å². The van der Waals surface area contributed by atoms with Gasteiger partial charge in [0.1, 0.15) is 4.90 Å². The molecule has 0 saturated carbocycles. The van der Waals surface area contributed by atoms with E-state index in [9.17, 15) is 13.2 Å². The molecule has 0 radical (unpaired) electrons. The largest absolute Gasteiger partial charge is 0.270 e. The van der Waals surface area contributed by atoms with Gasteiger partial charge in [0.25, 0.3) is 15.9 Å². The molecule has 1 amide bonds. The first-order valence-electron chi connectivity index (χ1n) is 20.7. The highest BCUT2D eigenvalue weighted by molar-refractivity contribution is 7.90. The van der Waals surface area contributed by atoms with Crippen LogP contribution in [0.2, 0.25) is 0 Å². The van der Waals surface area contributed by atoms with E-state index in [0.717, 1.165) is 57.5 Å². The smallest absolute Gasteiger partial charge is 0.268 e. The normalized spacial score (nSPS) is 14.6. The van der Waals surface area contributed by atoms with Crippen molar-refractivity contribution in [1.29, 1.82) is 0 Å². The van der Waals surface area contributed by atoms with Crippen molar-refractivity contribution in [2.75, 3.05) is 7.05 Å². The van der Waals surface area contributed by atoms with Gasteiger partial charge in [-0.05, 0) is 67.2 Å². The summed E-state index contributed by atoms with van der Waals surface area (Å²) in [6, 6.07) is 4.88. The maximum atomic E-state index is 13.8. The van der Waals surface area contributed by atoms with E-state index in [-0.39, 0.29) is 21.6 Å². The Hall–Kier alpha value is -1.48. The minimum absolute atomic E-state index is 0.118. The Morgan fingerprint density at radius 3 is 1.63 bits per heavy atom. The minimum atomic E-state index is -3.89. The highest BCUT2D eigenvalue weighted by Gasteiger charge is 2.47. The molecular formula is C44H69NO3S4. The van der Waals surface area contributed by atoms with E-state index in [1.54, 1.807) is 11.3 Å². The van der Waals surface area contributed by atoms with Gasteiger partial charge in [0, 0.05) is 36.8 Å². The summed E-state index contributed by atoms with van der Waals surface area (Å²) < 4.78 is 28.7. The number of amides is 1. The van der Waals surface area contributed by atoms with E-state index in [0.29, 0.717) is 5.56 Å². The summed E-state index contributed by atoms with van der Waals surface area (Å²) in [7, 11) is -2.45. The van der Waals surface area contributed by atoms with Gasteiger partial charge in [-0.25, -0.2) is 12.7 Å². The molecule has 0 unspecified atom stereocenters. The number of aryl methyl sites for hydroxylation is 2. The number of thiophene rings is 3. The second kappa shape index (κ2) is 19.4. The fourth-order valence-electron chi connectivity index (χ4n) is 7.60. The molecular weight excluding hydrogens is 719 g/mol. The number of unbranched alkanes of at least 4 members (excludes halogenated alkanes) is 12. The first-order valence-corrected chi connectivity index (χ1v) is 24.6. The monoisotopic (exact) mass is 787 g/mol. The van der Waals surface area contributed by atoms with Gasteiger partial charge in [0.2, 0.25) is 0 Å². The van der Waals surface area contributed by atoms with E-state index in [4.69, 9.17) is 0 Å². The number of carbonyl (C=O) groups excluding carboxylic acids is 1. The van der Waals surface area contributed by atoms with Crippen LogP contribution in [-0.4, -0.2) is 25.7 Å². The number of rotatable bonds is 24. The molecule has 292 valence electrons. The molecule has 0 atom stereocenters. The van der Waals surface area contributed by atoms with Crippen molar-refractivity contribution in [2.24, 2.45) is 0 Å². The summed E-state index contributed by atoms with van der Waals surface area (Å²) in [4.78, 5) is 21.1. The maximum absolute atomic E-state index is 13.8. The average Bonchev–Trinajstić information content (AvgIpc) is 3.87. The molecule has 8 heteroatoms. The molecule has 3 aromatic rings. The lowest BCUT2D eigenvalue weighted by molar-refractivity contribution is 0.0892. The molecule has 0 fully saturated rings. The maximum Gasteiger partial charge on any atom is 0.270 e. The SMILES string of the molecule is CCCCCCCCc1cc(-c2sc(C(C)(C)CCCC)c3c2C(=O)N(C)S3(=O)=O)sc1-c1sc(C(C)(C)CCCC)cc1CCCCCCCC. The summed E-state index contributed by atoms with van der Waals surface area (Å²) in [6.07, 6.45) is 23.8. The first-order chi connectivity index (χ1) is 24.7. The average molecular weight is 788 g/mol. The first kappa shape index (κ1) is 43.3. The standard InChI is InChI=1S/C44H69NO3S4/c1-10-14-18-20-22-24-26-32-30-34(39-36-40(52(47,48)45(9)42(36)46)41(51-39)44(7,8)29-17-13-4)49-37(32)38-33(27-25-23-21-19-15-11-2)31-35(50-38)43(5,6)28-16-12-3/h30-31H,10-29H2,1-9H3. The van der Waals surface area contributed by atoms with Crippen molar-refractivity contribution in [1.82, 2.24) is 4.31 Å². The molecule has 1 aliphatic rings. The summed E-state index contributed by atoms with van der Waals surface area (Å²) in [6.45, 7) is 18.2. The molecule has 0 bridgehead atoms. The Kier molecular flexibility index (Phi) is 16.1. The molecule has 4 heterocycles. The number of carbonyl (C=O) groups is 1. The fourth-order valence-corrected chi connectivity index (χ4v) is 13.8. The molecule has 0 saturated heterocycles. The highest BCUT2D eigenvalue weighted by Crippen LogP contribution is 2.54. The lowest BCUT2D eigenvalue weighted by Gasteiger charge is -2.24. The van der Waals surface area contributed by atoms with E-state index in [2.05, 4.69) is 67.5 Å². The Morgan fingerprint density at radius 1 is 0.596 bits per heavy atom. The molecule has 0 N–H and O–H groups in total. The predicted molar refractivity (Wildman–Crippen MR) is 229 cm³/mol. The number of sulfonamides is 1. The van der Waals surface area contributed by atoms with Crippen molar-refractivity contribution in [3.63, 3.8) is 0 Å². The molecule has 1 aliphatic heterocycles. The molecule has 4 rings (SSSR count). The van der Waals surface area contributed by atoms with Crippen LogP contribution in [0.25, 0.3) is 19.5 Å². The van der Waals surface area contributed by atoms with Crippen LogP contribution < -0.4 is 0 Å². The van der Waals surface area contributed by atoms with Crippen LogP contribution in [-0.2, 0) is 33.7 Å². The summed E-state index contributed by atoms with van der Waals surface area (Å²) in [5, 5.41) is 0. The van der Waals surface area contributed by atoms with Gasteiger partial charge in [-0.1, -0.05) is 145 Å². The Labute approximate surface area is 330 Å². The second-order valence-electron chi connectivity index (χ2n) is 16.7. The van der Waals surface area contributed by atoms with Crippen molar-refractivity contribution < 1.29 is 13.2 Å².